The van der Waals surface area contributed by atoms with Crippen LogP contribution in [0, 0.1) is 27.6 Å². The van der Waals surface area contributed by atoms with E-state index in [-0.39, 0.29) is 40.5 Å². The Labute approximate surface area is 180 Å². The van der Waals surface area contributed by atoms with Gasteiger partial charge in [0.1, 0.15) is 23.1 Å². The van der Waals surface area contributed by atoms with Gasteiger partial charge in [-0.2, -0.15) is 0 Å². The smallest absolute Gasteiger partial charge is 0.263 e. The number of ketones is 1. The van der Waals surface area contributed by atoms with Crippen molar-refractivity contribution in [3.8, 4) is 0 Å². The van der Waals surface area contributed by atoms with Gasteiger partial charge in [0.15, 0.2) is 5.78 Å². The number of hydrogen-bond donors (Lipinski definition) is 1. The van der Waals surface area contributed by atoms with Crippen LogP contribution in [0.3, 0.4) is 0 Å². The number of rotatable bonds is 2. The van der Waals surface area contributed by atoms with E-state index in [1.54, 1.807) is 11.8 Å². The Balaban J connectivity index is 1.49. The Morgan fingerprint density at radius 1 is 1.07 bits per heavy atom. The van der Waals surface area contributed by atoms with Gasteiger partial charge in [-0.05, 0) is 67.6 Å². The van der Waals surface area contributed by atoms with Gasteiger partial charge in [0.05, 0.1) is 6.61 Å². The summed E-state index contributed by atoms with van der Waals surface area (Å²) >= 11 is 0. The lowest BCUT2D eigenvalue weighted by atomic mass is 9.40. The number of nitrogens with zero attached hydrogens (tertiary/aromatic N) is 1. The first-order valence-electron chi connectivity index (χ1n) is 11.6. The molecule has 30 heavy (non-hydrogen) atoms. The molecule has 2 saturated heterocycles. The predicted molar refractivity (Wildman–Crippen MR) is 114 cm³/mol. The zero-order chi connectivity index (χ0) is 21.9. The molecule has 0 aromatic rings. The van der Waals surface area contributed by atoms with Gasteiger partial charge in [-0.3, -0.25) is 14.5 Å². The maximum Gasteiger partial charge on any atom is 0.263 e. The average Bonchev–Trinajstić information content (AvgIpc) is 2.97. The highest BCUT2D eigenvalue weighted by Crippen LogP contribution is 2.71. The van der Waals surface area contributed by atoms with Crippen molar-refractivity contribution in [2.45, 2.75) is 98.3 Å². The van der Waals surface area contributed by atoms with E-state index in [4.69, 9.17) is 4.74 Å². The number of carbonyl (C=O) groups is 2. The molecule has 1 amide bonds. The molecule has 2 unspecified atom stereocenters. The van der Waals surface area contributed by atoms with Crippen LogP contribution in [0.25, 0.3) is 0 Å². The normalized spacial score (nSPS) is 49.2. The molecule has 4 bridgehead atoms. The third kappa shape index (κ3) is 2.69. The van der Waals surface area contributed by atoms with E-state index in [2.05, 4.69) is 13.8 Å². The minimum atomic E-state index is -1.00. The fourth-order valence-corrected chi connectivity index (χ4v) is 8.85. The summed E-state index contributed by atoms with van der Waals surface area (Å²) in [6, 6.07) is 0. The fraction of sp³-hybridized carbons (Fsp3) is 0.840. The monoisotopic (exact) mass is 415 g/mol. The summed E-state index contributed by atoms with van der Waals surface area (Å²) < 4.78 is 5.90. The molecule has 0 spiro atoms. The van der Waals surface area contributed by atoms with Gasteiger partial charge in [0.25, 0.3) is 5.91 Å². The molecule has 166 valence electrons. The van der Waals surface area contributed by atoms with Gasteiger partial charge >= 0.3 is 0 Å². The van der Waals surface area contributed by atoms with Crippen LogP contribution in [-0.2, 0) is 14.3 Å². The van der Waals surface area contributed by atoms with Crippen LogP contribution in [0.1, 0.15) is 86.5 Å². The Bertz CT molecular complexity index is 849. The van der Waals surface area contributed by atoms with E-state index in [1.807, 2.05) is 20.8 Å². The molecule has 4 aliphatic carbocycles. The molecule has 0 aromatic carbocycles. The SMILES string of the molecule is CC12CC3CC(C)(C1)CC(C/C(O)=C1/C(=O)N4[C@@H](C(C)(C)C)OC[C@]4(C)C1=O)(C3)C2. The molecular weight excluding hydrogens is 378 g/mol. The Kier molecular flexibility index (Phi) is 3.91. The van der Waals surface area contributed by atoms with Crippen LogP contribution in [0.2, 0.25) is 0 Å². The minimum absolute atomic E-state index is 0.0222. The number of amides is 1. The second-order valence-corrected chi connectivity index (χ2v) is 13.4. The Morgan fingerprint density at radius 3 is 2.20 bits per heavy atom. The molecule has 2 aliphatic heterocycles. The Morgan fingerprint density at radius 2 is 1.67 bits per heavy atom. The molecule has 6 rings (SSSR count). The van der Waals surface area contributed by atoms with Crippen LogP contribution < -0.4 is 0 Å². The molecule has 1 N–H and O–H groups in total. The summed E-state index contributed by atoms with van der Waals surface area (Å²) in [6.45, 7) is 12.8. The fourth-order valence-electron chi connectivity index (χ4n) is 8.85. The quantitative estimate of drug-likeness (QED) is 0.401. The molecule has 6 fully saturated rings. The van der Waals surface area contributed by atoms with Crippen molar-refractivity contribution in [1.82, 2.24) is 4.90 Å². The van der Waals surface area contributed by atoms with Gasteiger partial charge in [0.2, 0.25) is 0 Å². The van der Waals surface area contributed by atoms with Gasteiger partial charge in [-0.25, -0.2) is 0 Å². The number of allylic oxidation sites excluding steroid dienone is 1. The van der Waals surface area contributed by atoms with E-state index < -0.39 is 11.8 Å². The van der Waals surface area contributed by atoms with Crippen molar-refractivity contribution >= 4 is 11.7 Å². The minimum Gasteiger partial charge on any atom is -0.511 e. The number of Topliss-reactive ketones (excluding diaryl/α,β-unsaturated/α-hetero) is 1. The second kappa shape index (κ2) is 5.70. The number of fused-ring (bicyclic) bond motifs is 1. The third-order valence-electron chi connectivity index (χ3n) is 8.75. The Hall–Kier alpha value is -1.36. The summed E-state index contributed by atoms with van der Waals surface area (Å²) in [4.78, 5) is 28.4. The number of aliphatic hydroxyl groups excluding tert-OH is 1. The largest absolute Gasteiger partial charge is 0.511 e. The summed E-state index contributed by atoms with van der Waals surface area (Å²) in [6.07, 6.45) is 7.16. The predicted octanol–water partition coefficient (Wildman–Crippen LogP) is 4.76. The maximum atomic E-state index is 13.4. The van der Waals surface area contributed by atoms with Gasteiger partial charge < -0.3 is 9.84 Å². The van der Waals surface area contributed by atoms with E-state index >= 15 is 0 Å². The first-order valence-corrected chi connectivity index (χ1v) is 11.6. The third-order valence-corrected chi connectivity index (χ3v) is 8.75. The van der Waals surface area contributed by atoms with Gasteiger partial charge in [-0.15, -0.1) is 0 Å². The molecule has 5 nitrogen and oxygen atoms in total. The molecule has 6 aliphatic rings. The van der Waals surface area contributed by atoms with Crippen LogP contribution in [0.5, 0.6) is 0 Å². The lowest BCUT2D eigenvalue weighted by Crippen LogP contribution is -2.55. The number of aliphatic hydroxyl groups is 1. The van der Waals surface area contributed by atoms with Gasteiger partial charge in [0, 0.05) is 11.8 Å². The zero-order valence-electron chi connectivity index (χ0n) is 19.4. The first kappa shape index (κ1) is 20.5. The molecule has 5 heteroatoms. The van der Waals surface area contributed by atoms with Crippen molar-refractivity contribution < 1.29 is 19.4 Å². The number of ether oxygens (including phenoxy) is 1. The topological polar surface area (TPSA) is 66.8 Å². The van der Waals surface area contributed by atoms with E-state index in [9.17, 15) is 14.7 Å². The first-order chi connectivity index (χ1) is 13.7. The van der Waals surface area contributed by atoms with Crippen molar-refractivity contribution in [1.29, 1.82) is 0 Å². The summed E-state index contributed by atoms with van der Waals surface area (Å²) in [5.41, 5.74) is -0.588. The molecule has 4 atom stereocenters. The highest BCUT2D eigenvalue weighted by Gasteiger charge is 2.64. The van der Waals surface area contributed by atoms with E-state index in [0.717, 1.165) is 19.3 Å². The van der Waals surface area contributed by atoms with Crippen molar-refractivity contribution in [3.05, 3.63) is 11.3 Å². The lowest BCUT2D eigenvalue weighted by molar-refractivity contribution is -0.146. The average molecular weight is 416 g/mol. The zero-order valence-corrected chi connectivity index (χ0v) is 19.4. The molecule has 2 heterocycles. The number of hydrogen-bond acceptors (Lipinski definition) is 4. The van der Waals surface area contributed by atoms with Crippen molar-refractivity contribution in [3.63, 3.8) is 0 Å². The number of carbonyl (C=O) groups excluding carboxylic acids is 2. The molecule has 0 radical (unpaired) electrons. The van der Waals surface area contributed by atoms with Crippen LogP contribution in [0.15, 0.2) is 11.3 Å². The maximum absolute atomic E-state index is 13.4. The van der Waals surface area contributed by atoms with Crippen LogP contribution >= 0.6 is 0 Å². The highest BCUT2D eigenvalue weighted by atomic mass is 16.5. The van der Waals surface area contributed by atoms with E-state index in [1.165, 1.54) is 19.3 Å². The van der Waals surface area contributed by atoms with E-state index in [0.29, 0.717) is 23.2 Å². The summed E-state index contributed by atoms with van der Waals surface area (Å²) in [7, 11) is 0. The van der Waals surface area contributed by atoms with Gasteiger partial charge in [-0.1, -0.05) is 34.6 Å². The highest BCUT2D eigenvalue weighted by molar-refractivity contribution is 6.28. The standard InChI is InChI=1S/C25H37NO4/c1-21(2,3)20-26-19(29)17(18(28)24(26,6)14-30-20)16(27)10-25-9-15-7-22(4,12-25)11-23(5,8-15)13-25/h15,20,27H,7-14H2,1-6H3/b17-16-/t15?,20-,22?,23?,24-,25?/m1/s1. The summed E-state index contributed by atoms with van der Waals surface area (Å²) in [5.74, 6) is 0.129. The van der Waals surface area contributed by atoms with Crippen LogP contribution in [0.4, 0.5) is 0 Å². The van der Waals surface area contributed by atoms with Crippen molar-refractivity contribution in [2.24, 2.45) is 27.6 Å². The van der Waals surface area contributed by atoms with Crippen LogP contribution in [-0.4, -0.2) is 40.1 Å². The summed E-state index contributed by atoms with van der Waals surface area (Å²) in [5, 5.41) is 11.2. The lowest BCUT2D eigenvalue weighted by Gasteiger charge is -2.65. The molecule has 4 saturated carbocycles. The second-order valence-electron chi connectivity index (χ2n) is 13.4. The molecular formula is C25H37NO4. The molecule has 0 aromatic heterocycles. The van der Waals surface area contributed by atoms with Crippen molar-refractivity contribution in [2.75, 3.05) is 6.61 Å².